The fourth-order valence-corrected chi connectivity index (χ4v) is 4.84. The number of nitrogens with one attached hydrogen (secondary N) is 1. The minimum Gasteiger partial charge on any atom is -0.494 e. The Labute approximate surface area is 233 Å². The number of carbonyl (C=O) groups excluding carboxylic acids is 1. The van der Waals surface area contributed by atoms with Crippen LogP contribution in [0.4, 0.5) is 0 Å². The number of hydrogen-bond donors (Lipinski definition) is 2. The van der Waals surface area contributed by atoms with Crippen LogP contribution < -0.4 is 10.1 Å². The Morgan fingerprint density at radius 3 is 2.50 bits per heavy atom. The molecule has 38 heavy (non-hydrogen) atoms. The molecule has 0 bridgehead atoms. The largest absolute Gasteiger partial charge is 0.494 e. The molecule has 0 radical (unpaired) electrons. The van der Waals surface area contributed by atoms with Crippen molar-refractivity contribution in [2.45, 2.75) is 38.3 Å². The second kappa shape index (κ2) is 12.7. The molecular formula is C30H32Cl2N2O4. The van der Waals surface area contributed by atoms with Crippen LogP contribution in [0.25, 0.3) is 0 Å². The summed E-state index contributed by atoms with van der Waals surface area (Å²) in [5.41, 5.74) is 0.985. The molecule has 0 aromatic heterocycles. The highest BCUT2D eigenvalue weighted by molar-refractivity contribution is 6.35. The molecule has 3 aromatic rings. The Kier molecular flexibility index (Phi) is 9.31. The number of aliphatic hydroxyl groups excluding tert-OH is 1. The van der Waals surface area contributed by atoms with Crippen LogP contribution in [0.5, 0.6) is 5.75 Å². The first kappa shape index (κ1) is 28.0. The zero-order chi connectivity index (χ0) is 27.1. The fraction of sp³-hybridized carbons (Fsp3) is 0.333. The van der Waals surface area contributed by atoms with E-state index in [0.717, 1.165) is 5.56 Å². The predicted molar refractivity (Wildman–Crippen MR) is 151 cm³/mol. The smallest absolute Gasteiger partial charge is 0.252 e. The topological polar surface area (TPSA) is 80.2 Å². The van der Waals surface area contributed by atoms with Gasteiger partial charge in [0.15, 0.2) is 11.6 Å². The summed E-state index contributed by atoms with van der Waals surface area (Å²) in [6, 6.07) is 22.3. The number of carbonyl (C=O) groups is 1. The van der Waals surface area contributed by atoms with Crippen molar-refractivity contribution in [3.05, 3.63) is 99.5 Å². The Hall–Kier alpha value is -3.06. The van der Waals surface area contributed by atoms with Gasteiger partial charge in [-0.3, -0.25) is 4.79 Å². The Morgan fingerprint density at radius 1 is 1.11 bits per heavy atom. The van der Waals surface area contributed by atoms with Gasteiger partial charge in [-0.25, -0.2) is 4.99 Å². The lowest BCUT2D eigenvalue weighted by Gasteiger charge is -2.31. The van der Waals surface area contributed by atoms with Crippen LogP contribution in [0.3, 0.4) is 0 Å². The molecule has 6 nitrogen and oxygen atoms in total. The van der Waals surface area contributed by atoms with E-state index in [1.54, 1.807) is 18.2 Å². The third kappa shape index (κ3) is 6.49. The van der Waals surface area contributed by atoms with Gasteiger partial charge in [0.05, 0.1) is 6.61 Å². The summed E-state index contributed by atoms with van der Waals surface area (Å²) in [6.07, 6.45) is 0.0806. The summed E-state index contributed by atoms with van der Waals surface area (Å²) >= 11 is 12.9. The Morgan fingerprint density at radius 2 is 1.84 bits per heavy atom. The van der Waals surface area contributed by atoms with Gasteiger partial charge < -0.3 is 19.9 Å². The van der Waals surface area contributed by atoms with Crippen molar-refractivity contribution in [2.24, 2.45) is 10.9 Å². The Balaban J connectivity index is 1.78. The van der Waals surface area contributed by atoms with E-state index in [1.165, 1.54) is 0 Å². The molecule has 200 valence electrons. The van der Waals surface area contributed by atoms with Gasteiger partial charge in [0, 0.05) is 47.2 Å². The van der Waals surface area contributed by atoms with E-state index in [-0.39, 0.29) is 18.4 Å². The highest BCUT2D eigenvalue weighted by Gasteiger charge is 2.53. The number of rotatable bonds is 11. The van der Waals surface area contributed by atoms with Crippen molar-refractivity contribution >= 4 is 35.0 Å². The number of ether oxygens (including phenoxy) is 2. The number of halogens is 2. The average Bonchev–Trinajstić information content (AvgIpc) is 3.28. The lowest BCUT2D eigenvalue weighted by Crippen LogP contribution is -2.50. The predicted octanol–water partition coefficient (Wildman–Crippen LogP) is 6.03. The number of benzene rings is 3. The molecule has 8 heteroatoms. The van der Waals surface area contributed by atoms with Crippen LogP contribution in [0.2, 0.25) is 10.0 Å². The second-order valence-electron chi connectivity index (χ2n) is 9.72. The molecule has 1 heterocycles. The van der Waals surface area contributed by atoms with Gasteiger partial charge >= 0.3 is 0 Å². The van der Waals surface area contributed by atoms with E-state index in [0.29, 0.717) is 58.8 Å². The summed E-state index contributed by atoms with van der Waals surface area (Å²) in [5.74, 6) is 1.04. The molecule has 3 aromatic carbocycles. The van der Waals surface area contributed by atoms with Crippen LogP contribution in [0.1, 0.15) is 43.1 Å². The summed E-state index contributed by atoms with van der Waals surface area (Å²) in [7, 11) is 0. The molecule has 0 fully saturated rings. The monoisotopic (exact) mass is 554 g/mol. The van der Waals surface area contributed by atoms with E-state index in [4.69, 9.17) is 42.8 Å². The van der Waals surface area contributed by atoms with E-state index in [2.05, 4.69) is 5.32 Å². The highest BCUT2D eigenvalue weighted by Crippen LogP contribution is 2.45. The molecular weight excluding hydrogens is 523 g/mol. The molecule has 2 N–H and O–H groups in total. The van der Waals surface area contributed by atoms with Crippen molar-refractivity contribution < 1.29 is 19.4 Å². The van der Waals surface area contributed by atoms with Gasteiger partial charge in [-0.2, -0.15) is 0 Å². The van der Waals surface area contributed by atoms with Crippen molar-refractivity contribution in [3.8, 4) is 5.75 Å². The maximum Gasteiger partial charge on any atom is 0.252 e. The molecule has 0 aliphatic carbocycles. The van der Waals surface area contributed by atoms with Crippen molar-refractivity contribution in [2.75, 3.05) is 19.8 Å². The quantitative estimate of drug-likeness (QED) is 0.284. The molecule has 2 atom stereocenters. The first-order chi connectivity index (χ1) is 18.3. The second-order valence-corrected chi connectivity index (χ2v) is 10.6. The fourth-order valence-electron chi connectivity index (χ4n) is 4.33. The molecule has 0 saturated heterocycles. The van der Waals surface area contributed by atoms with Gasteiger partial charge in [0.1, 0.15) is 5.75 Å². The van der Waals surface area contributed by atoms with Crippen LogP contribution in [-0.2, 0) is 16.0 Å². The summed E-state index contributed by atoms with van der Waals surface area (Å²) in [6.45, 7) is 5.07. The van der Waals surface area contributed by atoms with Gasteiger partial charge in [-0.1, -0.05) is 73.4 Å². The molecule has 4 rings (SSSR count). The van der Waals surface area contributed by atoms with Crippen LogP contribution >= 0.6 is 23.2 Å². The standard InChI is InChI=1S/C30H32Cl2N2O4/c1-20(2)19-33-29(36)30(18-21-7-4-3-5-8-21)27(25-14-11-23(31)17-26(25)32)38-28(34-30)22-9-12-24(13-10-22)37-16-6-15-35/h3-5,7-14,17,20,27,35H,6,15-16,18-19H2,1-2H3,(H,33,36)/t27-,30-/m1/s1. The van der Waals surface area contributed by atoms with Gasteiger partial charge in [-0.05, 0) is 47.9 Å². The van der Waals surface area contributed by atoms with Gasteiger partial charge in [-0.15, -0.1) is 0 Å². The van der Waals surface area contributed by atoms with Crippen molar-refractivity contribution in [3.63, 3.8) is 0 Å². The summed E-state index contributed by atoms with van der Waals surface area (Å²) < 4.78 is 12.2. The van der Waals surface area contributed by atoms with Crippen LogP contribution in [0, 0.1) is 5.92 Å². The van der Waals surface area contributed by atoms with Gasteiger partial charge in [0.2, 0.25) is 5.90 Å². The van der Waals surface area contributed by atoms with E-state index in [9.17, 15) is 4.79 Å². The Bertz CT molecular complexity index is 1270. The maximum absolute atomic E-state index is 14.0. The zero-order valence-corrected chi connectivity index (χ0v) is 23.0. The molecule has 0 saturated carbocycles. The minimum absolute atomic E-state index is 0.0692. The molecule has 1 aliphatic rings. The lowest BCUT2D eigenvalue weighted by atomic mass is 9.82. The maximum atomic E-state index is 14.0. The minimum atomic E-state index is -1.31. The zero-order valence-electron chi connectivity index (χ0n) is 21.5. The van der Waals surface area contributed by atoms with Gasteiger partial charge in [0.25, 0.3) is 5.91 Å². The summed E-state index contributed by atoms with van der Waals surface area (Å²) in [5, 5.41) is 13.0. The van der Waals surface area contributed by atoms with E-state index < -0.39 is 11.6 Å². The SMILES string of the molecule is CC(C)CNC(=O)[C@]1(Cc2ccccc2)N=C(c2ccc(OCCCO)cc2)O[C@@H]1c1ccc(Cl)cc1Cl. The molecule has 0 unspecified atom stereocenters. The van der Waals surface area contributed by atoms with Crippen LogP contribution in [-0.4, -0.2) is 42.2 Å². The highest BCUT2D eigenvalue weighted by atomic mass is 35.5. The normalized spacial score (nSPS) is 18.7. The van der Waals surface area contributed by atoms with Crippen LogP contribution in [0.15, 0.2) is 77.8 Å². The number of amides is 1. The van der Waals surface area contributed by atoms with E-state index in [1.807, 2.05) is 68.4 Å². The van der Waals surface area contributed by atoms with E-state index >= 15 is 0 Å². The number of aliphatic imine (C=N–C) groups is 1. The molecule has 1 aliphatic heterocycles. The van der Waals surface area contributed by atoms with Crippen molar-refractivity contribution in [1.82, 2.24) is 5.32 Å². The van der Waals surface area contributed by atoms with Crippen molar-refractivity contribution in [1.29, 1.82) is 0 Å². The summed E-state index contributed by atoms with van der Waals surface area (Å²) in [4.78, 5) is 19.0. The molecule has 1 amide bonds. The first-order valence-corrected chi connectivity index (χ1v) is 13.5. The third-order valence-corrected chi connectivity index (χ3v) is 6.82. The third-order valence-electron chi connectivity index (χ3n) is 6.26. The number of hydrogen-bond acceptors (Lipinski definition) is 5. The average molecular weight is 556 g/mol. The lowest BCUT2D eigenvalue weighted by molar-refractivity contribution is -0.129. The number of nitrogens with zero attached hydrogens (tertiary/aromatic N) is 1. The number of aliphatic hydroxyl groups is 1. The first-order valence-electron chi connectivity index (χ1n) is 12.7. The molecule has 0 spiro atoms.